The molecule has 3 atom stereocenters. The molecule has 38 heavy (non-hydrogen) atoms. The third-order valence-electron chi connectivity index (χ3n) is 8.14. The highest BCUT2D eigenvalue weighted by atomic mass is 32.2. The van der Waals surface area contributed by atoms with Crippen molar-refractivity contribution in [2.24, 2.45) is 13.0 Å². The number of nitrogens with zero attached hydrogens (tertiary/aromatic N) is 7. The van der Waals surface area contributed by atoms with Crippen molar-refractivity contribution >= 4 is 21.8 Å². The van der Waals surface area contributed by atoms with Gasteiger partial charge in [0.15, 0.2) is 0 Å². The lowest BCUT2D eigenvalue weighted by atomic mass is 9.95. The fraction of sp³-hybridized carbons (Fsp3) is 0.538. The Bertz CT molecular complexity index is 1460. The van der Waals surface area contributed by atoms with Crippen LogP contribution >= 0.6 is 0 Å². The summed E-state index contributed by atoms with van der Waals surface area (Å²) in [4.78, 5) is 20.7. The Morgan fingerprint density at radius 1 is 1.05 bits per heavy atom. The molecule has 5 heterocycles. The van der Waals surface area contributed by atoms with Crippen LogP contribution in [-0.2, 0) is 29.9 Å². The quantitative estimate of drug-likeness (QED) is 0.499. The first-order chi connectivity index (χ1) is 18.2. The second-order valence-electron chi connectivity index (χ2n) is 10.7. The molecular weight excluding hydrogens is 504 g/mol. The number of nitrogens with one attached hydrogen (secondary N) is 1. The zero-order chi connectivity index (χ0) is 26.6. The second-order valence-corrected chi connectivity index (χ2v) is 12.6. The number of β-amino-alcohol motifs (C(OH)–C–C–N with tert-alkyl or cyclic N) is 1. The predicted octanol–water partition coefficient (Wildman–Crippen LogP) is 1.76. The standard InChI is InChI=1S/C26H34N8O3S/c1-16-14-34(38(36,37)20-5-7-23(27-13-20)33-10-8-19(35)15-33)11-9-21(16)30-26-28-12-18-4-6-22-25(24(18)31-26)32(3)17(2)29-22/h5,7,12-13,16,19,21,35H,4,6,8-11,14-15H2,1-3H3,(H,28,30,31)/t16-,19-,21+/m1/s1. The molecule has 6 rings (SSSR count). The van der Waals surface area contributed by atoms with Gasteiger partial charge in [-0.05, 0) is 56.2 Å². The zero-order valence-corrected chi connectivity index (χ0v) is 22.8. The molecule has 2 saturated heterocycles. The van der Waals surface area contributed by atoms with Crippen molar-refractivity contribution in [2.75, 3.05) is 36.4 Å². The van der Waals surface area contributed by atoms with Crippen molar-refractivity contribution in [3.63, 3.8) is 0 Å². The average Bonchev–Trinajstić information content (AvgIpc) is 3.47. The fourth-order valence-electron chi connectivity index (χ4n) is 5.78. The van der Waals surface area contributed by atoms with Gasteiger partial charge in [0.25, 0.3) is 0 Å². The van der Waals surface area contributed by atoms with Gasteiger partial charge in [0.2, 0.25) is 16.0 Å². The van der Waals surface area contributed by atoms with Crippen molar-refractivity contribution < 1.29 is 13.5 Å². The van der Waals surface area contributed by atoms with Gasteiger partial charge in [0.05, 0.1) is 23.2 Å². The highest BCUT2D eigenvalue weighted by Crippen LogP contribution is 2.33. The van der Waals surface area contributed by atoms with E-state index in [9.17, 15) is 13.5 Å². The maximum Gasteiger partial charge on any atom is 0.244 e. The summed E-state index contributed by atoms with van der Waals surface area (Å²) in [7, 11) is -1.64. The topological polar surface area (TPSA) is 129 Å². The zero-order valence-electron chi connectivity index (χ0n) is 22.0. The van der Waals surface area contributed by atoms with E-state index in [2.05, 4.69) is 26.8 Å². The number of pyridine rings is 1. The van der Waals surface area contributed by atoms with E-state index >= 15 is 0 Å². The largest absolute Gasteiger partial charge is 0.391 e. The Hall–Kier alpha value is -3.09. The van der Waals surface area contributed by atoms with Gasteiger partial charge in [-0.15, -0.1) is 0 Å². The number of aromatic nitrogens is 5. The molecule has 0 saturated carbocycles. The van der Waals surface area contributed by atoms with Crippen LogP contribution in [0.2, 0.25) is 0 Å². The summed E-state index contributed by atoms with van der Waals surface area (Å²) in [5.74, 6) is 2.29. The van der Waals surface area contributed by atoms with E-state index in [-0.39, 0.29) is 23.0 Å². The molecule has 2 aliphatic heterocycles. The molecule has 3 aromatic heterocycles. The number of piperidine rings is 1. The minimum absolute atomic E-state index is 0.0536. The van der Waals surface area contributed by atoms with Crippen LogP contribution < -0.4 is 10.2 Å². The number of anilines is 2. The number of rotatable bonds is 5. The molecule has 3 aliphatic rings. The van der Waals surface area contributed by atoms with Crippen molar-refractivity contribution in [3.05, 3.63) is 41.6 Å². The highest BCUT2D eigenvalue weighted by Gasteiger charge is 2.35. The third-order valence-corrected chi connectivity index (χ3v) is 9.99. The molecular formula is C26H34N8O3S. The molecule has 2 N–H and O–H groups in total. The van der Waals surface area contributed by atoms with Crippen LogP contribution in [0.5, 0.6) is 0 Å². The smallest absolute Gasteiger partial charge is 0.244 e. The summed E-state index contributed by atoms with van der Waals surface area (Å²) in [6, 6.07) is 3.40. The maximum absolute atomic E-state index is 13.4. The molecule has 0 radical (unpaired) electrons. The summed E-state index contributed by atoms with van der Waals surface area (Å²) in [6.07, 6.45) is 6.09. The monoisotopic (exact) mass is 538 g/mol. The van der Waals surface area contributed by atoms with Gasteiger partial charge in [0, 0.05) is 51.7 Å². The third kappa shape index (κ3) is 4.44. The molecule has 2 fully saturated rings. The van der Waals surface area contributed by atoms with Crippen LogP contribution in [0.3, 0.4) is 0 Å². The molecule has 0 bridgehead atoms. The number of fused-ring (bicyclic) bond motifs is 3. The summed E-state index contributed by atoms with van der Waals surface area (Å²) in [5.41, 5.74) is 4.19. The van der Waals surface area contributed by atoms with E-state index in [1.165, 1.54) is 6.20 Å². The SMILES string of the molecule is Cc1nc2c(n1C)-c1nc(N[C@H]3CCN(S(=O)(=O)c4ccc(N5CC[C@@H](O)C5)nc4)C[C@H]3C)ncc1CC2. The molecule has 12 heteroatoms. The van der Waals surface area contributed by atoms with E-state index in [1.54, 1.807) is 16.4 Å². The summed E-state index contributed by atoms with van der Waals surface area (Å²) < 4.78 is 30.4. The molecule has 0 unspecified atom stereocenters. The highest BCUT2D eigenvalue weighted by molar-refractivity contribution is 7.89. The Morgan fingerprint density at radius 2 is 1.89 bits per heavy atom. The lowest BCUT2D eigenvalue weighted by Crippen LogP contribution is -2.47. The lowest BCUT2D eigenvalue weighted by Gasteiger charge is -2.36. The molecule has 3 aromatic rings. The Morgan fingerprint density at radius 3 is 2.61 bits per heavy atom. The number of aliphatic hydroxyl groups excluding tert-OH is 1. The van der Waals surface area contributed by atoms with Crippen LogP contribution in [0, 0.1) is 12.8 Å². The first-order valence-corrected chi connectivity index (χ1v) is 14.7. The van der Waals surface area contributed by atoms with Crippen LogP contribution in [0.4, 0.5) is 11.8 Å². The van der Waals surface area contributed by atoms with Gasteiger partial charge < -0.3 is 19.9 Å². The summed E-state index contributed by atoms with van der Waals surface area (Å²) >= 11 is 0. The van der Waals surface area contributed by atoms with Gasteiger partial charge in [-0.2, -0.15) is 4.31 Å². The molecule has 202 valence electrons. The van der Waals surface area contributed by atoms with E-state index in [0.29, 0.717) is 44.2 Å². The Labute approximate surface area is 223 Å². The first kappa shape index (κ1) is 25.2. The minimum atomic E-state index is -3.66. The number of imidazole rings is 1. The number of sulfonamides is 1. The molecule has 0 aromatic carbocycles. The van der Waals surface area contributed by atoms with Gasteiger partial charge >= 0.3 is 0 Å². The predicted molar refractivity (Wildman–Crippen MR) is 143 cm³/mol. The molecule has 1 aliphatic carbocycles. The van der Waals surface area contributed by atoms with Crippen LogP contribution in [0.25, 0.3) is 11.4 Å². The average molecular weight is 539 g/mol. The molecule has 0 spiro atoms. The van der Waals surface area contributed by atoms with E-state index in [4.69, 9.17) is 9.97 Å². The Balaban J connectivity index is 1.14. The van der Waals surface area contributed by atoms with Gasteiger partial charge in [-0.3, -0.25) is 0 Å². The van der Waals surface area contributed by atoms with Crippen molar-refractivity contribution in [1.82, 2.24) is 28.8 Å². The van der Waals surface area contributed by atoms with E-state index in [0.717, 1.165) is 47.9 Å². The maximum atomic E-state index is 13.4. The van der Waals surface area contributed by atoms with Crippen molar-refractivity contribution in [3.8, 4) is 11.4 Å². The summed E-state index contributed by atoms with van der Waals surface area (Å²) in [6.45, 7) is 6.10. The van der Waals surface area contributed by atoms with E-state index in [1.807, 2.05) is 25.1 Å². The molecule has 0 amide bonds. The lowest BCUT2D eigenvalue weighted by molar-refractivity contribution is 0.198. The first-order valence-electron chi connectivity index (χ1n) is 13.2. The van der Waals surface area contributed by atoms with Gasteiger partial charge in [-0.25, -0.2) is 28.4 Å². The fourth-order valence-corrected chi connectivity index (χ4v) is 7.28. The molecule has 11 nitrogen and oxygen atoms in total. The van der Waals surface area contributed by atoms with Crippen LogP contribution in [0.1, 0.15) is 36.8 Å². The van der Waals surface area contributed by atoms with E-state index < -0.39 is 10.0 Å². The van der Waals surface area contributed by atoms with Gasteiger partial charge in [-0.1, -0.05) is 6.92 Å². The second kappa shape index (κ2) is 9.58. The minimum Gasteiger partial charge on any atom is -0.391 e. The van der Waals surface area contributed by atoms with Crippen molar-refractivity contribution in [2.45, 2.75) is 56.6 Å². The van der Waals surface area contributed by atoms with Gasteiger partial charge in [0.1, 0.15) is 16.5 Å². The number of aryl methyl sites for hydroxylation is 3. The number of hydrogen-bond donors (Lipinski definition) is 2. The van der Waals surface area contributed by atoms with Crippen molar-refractivity contribution in [1.29, 1.82) is 0 Å². The number of aliphatic hydroxyl groups is 1. The number of hydrogen-bond acceptors (Lipinski definition) is 9. The van der Waals surface area contributed by atoms with Crippen LogP contribution in [0.15, 0.2) is 29.4 Å². The normalized spacial score (nSPS) is 23.8. The summed E-state index contributed by atoms with van der Waals surface area (Å²) in [5, 5.41) is 13.2. The van der Waals surface area contributed by atoms with Crippen LogP contribution in [-0.4, -0.2) is 80.7 Å². The Kier molecular flexibility index (Phi) is 6.36.